The molecule has 0 saturated heterocycles. The summed E-state index contributed by atoms with van der Waals surface area (Å²) in [5.74, 6) is 2.42. The summed E-state index contributed by atoms with van der Waals surface area (Å²) in [6, 6.07) is 26.5. The Labute approximate surface area is 437 Å². The third-order valence-electron chi connectivity index (χ3n) is 13.2. The lowest BCUT2D eigenvalue weighted by molar-refractivity contribution is 0.0726. The average Bonchev–Trinajstić information content (AvgIpc) is 3.43. The largest absolute Gasteiger partial charge is 0.493 e. The van der Waals surface area contributed by atoms with Crippen molar-refractivity contribution in [1.82, 2.24) is 19.9 Å². The highest BCUT2D eigenvalue weighted by Crippen LogP contribution is 2.35. The zero-order valence-electron chi connectivity index (χ0n) is 44.8. The first-order chi connectivity index (χ1) is 35.7. The number of benzene rings is 4. The van der Waals surface area contributed by atoms with Crippen molar-refractivity contribution in [2.75, 3.05) is 13.2 Å². The number of carbonyl (C=O) groups is 2. The Morgan fingerprint density at radius 3 is 1.16 bits per heavy atom. The van der Waals surface area contributed by atoms with E-state index in [2.05, 4.69) is 61.5 Å². The third-order valence-corrected chi connectivity index (χ3v) is 13.2. The fraction of sp³-hybridized carbons (Fsp3) is 0.460. The number of carbonyl (C=O) groups excluding carboxylic acids is 2. The van der Waals surface area contributed by atoms with Gasteiger partial charge in [-0.3, -0.25) is 19.9 Å². The summed E-state index contributed by atoms with van der Waals surface area (Å²) in [5.41, 5.74) is 6.17. The van der Waals surface area contributed by atoms with Crippen LogP contribution in [-0.4, -0.2) is 45.1 Å². The molecule has 10 nitrogen and oxygen atoms in total. The number of esters is 2. The van der Waals surface area contributed by atoms with Gasteiger partial charge >= 0.3 is 11.9 Å². The second kappa shape index (κ2) is 33.3. The van der Waals surface area contributed by atoms with Crippen molar-refractivity contribution in [3.63, 3.8) is 0 Å². The maximum atomic E-state index is 13.0. The van der Waals surface area contributed by atoms with Gasteiger partial charge in [-0.05, 0) is 109 Å². The van der Waals surface area contributed by atoms with E-state index >= 15 is 0 Å². The molecule has 0 aliphatic heterocycles. The second-order valence-corrected chi connectivity index (χ2v) is 19.4. The molecule has 0 radical (unpaired) electrons. The van der Waals surface area contributed by atoms with E-state index in [1.165, 1.54) is 107 Å². The summed E-state index contributed by atoms with van der Waals surface area (Å²) < 4.78 is 23.5. The number of hydrogen-bond donors (Lipinski definition) is 0. The normalized spacial score (nSPS) is 11.8. The first-order valence-corrected chi connectivity index (χ1v) is 27.4. The SMILES string of the molecule is CCCCCCCCCCc1ccc(C(=O)Oc2ccc(OCC(C)CC)cc2-c2cnccn2)cc1.CCCCCCCCCc1ccc(C(=O)Oc2ccc(OCC(C)CC)cc2-c2cnccn2)cc1. The van der Waals surface area contributed by atoms with Gasteiger partial charge in [0.25, 0.3) is 0 Å². The highest BCUT2D eigenvalue weighted by atomic mass is 16.5. The van der Waals surface area contributed by atoms with Crippen LogP contribution in [0.2, 0.25) is 0 Å². The summed E-state index contributed by atoms with van der Waals surface area (Å²) >= 11 is 0. The Hall–Kier alpha value is -6.42. The van der Waals surface area contributed by atoms with Crippen LogP contribution in [0.25, 0.3) is 22.5 Å². The molecular weight excluding hydrogens is 909 g/mol. The fourth-order valence-corrected chi connectivity index (χ4v) is 8.05. The molecule has 0 aliphatic carbocycles. The minimum atomic E-state index is -0.393. The molecule has 2 atom stereocenters. The number of aryl methyl sites for hydroxylation is 2. The van der Waals surface area contributed by atoms with Crippen molar-refractivity contribution >= 4 is 11.9 Å². The molecule has 0 amide bonds. The summed E-state index contributed by atoms with van der Waals surface area (Å²) in [6.45, 7) is 14.3. The molecular formula is C63H82N4O6. The van der Waals surface area contributed by atoms with Gasteiger partial charge in [-0.25, -0.2) is 9.59 Å². The molecule has 0 N–H and O–H groups in total. The van der Waals surface area contributed by atoms with Crippen LogP contribution in [0.15, 0.2) is 122 Å². The van der Waals surface area contributed by atoms with E-state index in [4.69, 9.17) is 18.9 Å². The molecule has 73 heavy (non-hydrogen) atoms. The zero-order chi connectivity index (χ0) is 51.9. The van der Waals surface area contributed by atoms with Crippen molar-refractivity contribution in [3.05, 3.63) is 144 Å². The molecule has 0 saturated carbocycles. The van der Waals surface area contributed by atoms with Gasteiger partial charge in [0.2, 0.25) is 0 Å². The molecule has 2 unspecified atom stereocenters. The molecule has 2 aromatic heterocycles. The summed E-state index contributed by atoms with van der Waals surface area (Å²) in [5, 5.41) is 0. The molecule has 390 valence electrons. The fourth-order valence-electron chi connectivity index (χ4n) is 8.05. The van der Waals surface area contributed by atoms with Crippen LogP contribution in [0.5, 0.6) is 23.0 Å². The Kier molecular flexibility index (Phi) is 26.2. The number of hydrogen-bond acceptors (Lipinski definition) is 10. The first-order valence-electron chi connectivity index (χ1n) is 27.4. The quantitative estimate of drug-likeness (QED) is 0.0236. The van der Waals surface area contributed by atoms with E-state index in [1.54, 1.807) is 49.3 Å². The summed E-state index contributed by atoms with van der Waals surface area (Å²) in [7, 11) is 0. The van der Waals surface area contributed by atoms with Gasteiger partial charge in [0.15, 0.2) is 0 Å². The minimum absolute atomic E-state index is 0.392. The van der Waals surface area contributed by atoms with Crippen molar-refractivity contribution < 1.29 is 28.5 Å². The van der Waals surface area contributed by atoms with E-state index in [-0.39, 0.29) is 0 Å². The molecule has 0 aliphatic rings. The van der Waals surface area contributed by atoms with E-state index in [1.807, 2.05) is 72.8 Å². The average molecular weight is 991 g/mol. The Bertz CT molecular complexity index is 2470. The molecule has 2 heterocycles. The van der Waals surface area contributed by atoms with E-state index in [9.17, 15) is 9.59 Å². The summed E-state index contributed by atoms with van der Waals surface area (Å²) in [4.78, 5) is 43.1. The van der Waals surface area contributed by atoms with Gasteiger partial charge in [-0.1, -0.05) is 162 Å². The molecule has 6 rings (SSSR count). The zero-order valence-corrected chi connectivity index (χ0v) is 44.8. The first kappa shape index (κ1) is 57.5. The van der Waals surface area contributed by atoms with Crippen molar-refractivity contribution in [3.8, 4) is 45.5 Å². The molecule has 10 heteroatoms. The van der Waals surface area contributed by atoms with Gasteiger partial charge < -0.3 is 18.9 Å². The van der Waals surface area contributed by atoms with Gasteiger partial charge in [0.05, 0.1) is 48.1 Å². The number of nitrogens with zero attached hydrogens (tertiary/aromatic N) is 4. The van der Waals surface area contributed by atoms with Gasteiger partial charge in [0.1, 0.15) is 23.0 Å². The second-order valence-electron chi connectivity index (χ2n) is 19.4. The molecule has 0 bridgehead atoms. The van der Waals surface area contributed by atoms with E-state index < -0.39 is 11.9 Å². The van der Waals surface area contributed by atoms with Crippen molar-refractivity contribution in [1.29, 1.82) is 0 Å². The predicted octanol–water partition coefficient (Wildman–Crippen LogP) is 16.6. The van der Waals surface area contributed by atoms with Crippen LogP contribution < -0.4 is 18.9 Å². The van der Waals surface area contributed by atoms with Crippen LogP contribution >= 0.6 is 0 Å². The lowest BCUT2D eigenvalue weighted by Crippen LogP contribution is -2.10. The van der Waals surface area contributed by atoms with Crippen molar-refractivity contribution in [2.45, 2.75) is 164 Å². The van der Waals surface area contributed by atoms with Crippen molar-refractivity contribution in [2.24, 2.45) is 11.8 Å². The van der Waals surface area contributed by atoms with Gasteiger partial charge in [-0.2, -0.15) is 0 Å². The standard InChI is InChI=1S/C32H42N2O3.C31H40N2O3/c1-4-6-7-8-9-10-11-12-13-26-14-16-27(17-15-26)32(35)37-31-19-18-28(36-24-25(3)5-2)22-29(31)30-23-33-20-21-34-30;1-4-6-7-8-9-10-11-12-25-13-15-26(16-14-25)31(34)36-30-18-17-27(35-23-24(3)5-2)21-28(30)29-22-32-19-20-33-29/h14-23,25H,4-13,24H2,1-3H3;13-22,24H,4-12,23H2,1-3H3. The maximum absolute atomic E-state index is 13.0. The van der Waals surface area contributed by atoms with Gasteiger partial charge in [0, 0.05) is 35.9 Å². The van der Waals surface area contributed by atoms with Crippen LogP contribution in [0.1, 0.15) is 183 Å². The minimum Gasteiger partial charge on any atom is -0.493 e. The molecule has 4 aromatic carbocycles. The topological polar surface area (TPSA) is 123 Å². The maximum Gasteiger partial charge on any atom is 0.343 e. The number of ether oxygens (including phenoxy) is 4. The Morgan fingerprint density at radius 2 is 0.822 bits per heavy atom. The lowest BCUT2D eigenvalue weighted by Gasteiger charge is -2.14. The Morgan fingerprint density at radius 1 is 0.452 bits per heavy atom. The molecule has 0 spiro atoms. The highest BCUT2D eigenvalue weighted by Gasteiger charge is 2.18. The summed E-state index contributed by atoms with van der Waals surface area (Å²) in [6.07, 6.45) is 33.5. The van der Waals surface area contributed by atoms with Crippen LogP contribution in [0, 0.1) is 11.8 Å². The van der Waals surface area contributed by atoms with E-state index in [0.717, 1.165) is 25.7 Å². The third kappa shape index (κ3) is 20.9. The lowest BCUT2D eigenvalue weighted by atomic mass is 10.0. The van der Waals surface area contributed by atoms with E-state index in [0.29, 0.717) is 81.7 Å². The number of unbranched alkanes of at least 4 members (excludes halogenated alkanes) is 13. The number of rotatable bonds is 31. The molecule has 6 aromatic rings. The van der Waals surface area contributed by atoms with Crippen LogP contribution in [0.3, 0.4) is 0 Å². The van der Waals surface area contributed by atoms with Gasteiger partial charge in [-0.15, -0.1) is 0 Å². The smallest absolute Gasteiger partial charge is 0.343 e. The number of aromatic nitrogens is 4. The monoisotopic (exact) mass is 991 g/mol. The predicted molar refractivity (Wildman–Crippen MR) is 296 cm³/mol. The highest BCUT2D eigenvalue weighted by molar-refractivity contribution is 5.93. The van der Waals surface area contributed by atoms with Crippen LogP contribution in [-0.2, 0) is 12.8 Å². The Balaban J connectivity index is 0.000000271. The van der Waals surface area contributed by atoms with Crippen LogP contribution in [0.4, 0.5) is 0 Å². The molecule has 0 fully saturated rings.